The molecule has 25 heavy (non-hydrogen) atoms. The molecule has 0 aromatic heterocycles. The second-order valence-electron chi connectivity index (χ2n) is 8.02. The summed E-state index contributed by atoms with van der Waals surface area (Å²) >= 11 is 6.32. The molecule has 2 heterocycles. The van der Waals surface area contributed by atoms with E-state index in [1.165, 1.54) is 11.1 Å². The van der Waals surface area contributed by atoms with Gasteiger partial charge in [-0.25, -0.2) is 0 Å². The Morgan fingerprint density at radius 1 is 1.20 bits per heavy atom. The molecule has 1 fully saturated rings. The minimum Gasteiger partial charge on any atom is -0.328 e. The lowest BCUT2D eigenvalue weighted by Crippen LogP contribution is -2.54. The first-order valence-corrected chi connectivity index (χ1v) is 9.26. The van der Waals surface area contributed by atoms with Gasteiger partial charge in [-0.3, -0.25) is 4.79 Å². The van der Waals surface area contributed by atoms with E-state index in [1.807, 2.05) is 23.1 Å². The second kappa shape index (κ2) is 5.86. The van der Waals surface area contributed by atoms with E-state index in [-0.39, 0.29) is 11.9 Å². The highest BCUT2D eigenvalue weighted by Gasteiger charge is 2.48. The molecule has 0 aliphatic carbocycles. The zero-order valence-corrected chi connectivity index (χ0v) is 15.8. The van der Waals surface area contributed by atoms with Gasteiger partial charge in [-0.2, -0.15) is 0 Å². The Hall–Kier alpha value is -1.84. The summed E-state index contributed by atoms with van der Waals surface area (Å²) in [5.41, 5.74) is 4.22. The molecule has 0 unspecified atom stereocenters. The van der Waals surface area contributed by atoms with Crippen molar-refractivity contribution in [2.45, 2.75) is 25.3 Å². The van der Waals surface area contributed by atoms with Crippen LogP contribution in [0.4, 0.5) is 5.69 Å². The molecule has 0 radical (unpaired) electrons. The molecule has 2 aromatic carbocycles. The maximum atomic E-state index is 13.4. The Bertz CT molecular complexity index is 846. The fourth-order valence-electron chi connectivity index (χ4n) is 4.44. The van der Waals surface area contributed by atoms with E-state index in [0.717, 1.165) is 29.7 Å². The van der Waals surface area contributed by atoms with Gasteiger partial charge in [0.05, 0.1) is 49.7 Å². The van der Waals surface area contributed by atoms with Crippen molar-refractivity contribution in [3.05, 3.63) is 64.2 Å². The van der Waals surface area contributed by atoms with Crippen molar-refractivity contribution in [3.8, 4) is 0 Å². The number of likely N-dealkylation sites (tertiary alicyclic amines) is 1. The smallest absolute Gasteiger partial charge is 0.260 e. The van der Waals surface area contributed by atoms with Crippen LogP contribution in [0.1, 0.15) is 33.8 Å². The van der Waals surface area contributed by atoms with Gasteiger partial charge in [-0.15, -0.1) is 0 Å². The molecule has 0 saturated carbocycles. The van der Waals surface area contributed by atoms with E-state index < -0.39 is 0 Å². The lowest BCUT2D eigenvalue weighted by atomic mass is 9.87. The Kier molecular flexibility index (Phi) is 3.89. The first-order valence-electron chi connectivity index (χ1n) is 8.88. The summed E-state index contributed by atoms with van der Waals surface area (Å²) in [5.74, 6) is 0.417. The van der Waals surface area contributed by atoms with E-state index in [4.69, 9.17) is 11.6 Å². The third-order valence-electron chi connectivity index (χ3n) is 5.68. The van der Waals surface area contributed by atoms with Crippen LogP contribution in [-0.4, -0.2) is 43.6 Å². The van der Waals surface area contributed by atoms with Crippen molar-refractivity contribution in [1.82, 2.24) is 0 Å². The molecule has 0 bridgehead atoms. The third-order valence-corrected chi connectivity index (χ3v) is 6.01. The van der Waals surface area contributed by atoms with Crippen LogP contribution in [-0.2, 0) is 0 Å². The highest BCUT2D eigenvalue weighted by molar-refractivity contribution is 6.34. The topological polar surface area (TPSA) is 20.3 Å². The number of rotatable bonds is 1. The minimum absolute atomic E-state index is 0.0235. The van der Waals surface area contributed by atoms with Gasteiger partial charge in [0.2, 0.25) is 0 Å². The van der Waals surface area contributed by atoms with Crippen LogP contribution in [0.3, 0.4) is 0 Å². The van der Waals surface area contributed by atoms with Crippen LogP contribution in [0, 0.1) is 6.92 Å². The van der Waals surface area contributed by atoms with Crippen LogP contribution in [0.5, 0.6) is 0 Å². The molecule has 1 saturated heterocycles. The Morgan fingerprint density at radius 2 is 1.96 bits per heavy atom. The van der Waals surface area contributed by atoms with Crippen molar-refractivity contribution in [2.24, 2.45) is 0 Å². The molecule has 2 aromatic rings. The number of carbonyl (C=O) groups is 1. The molecule has 2 atom stereocenters. The Labute approximate surface area is 154 Å². The number of fused-ring (bicyclic) bond motifs is 3. The van der Waals surface area contributed by atoms with Crippen molar-refractivity contribution in [3.63, 3.8) is 0 Å². The third kappa shape index (κ3) is 2.76. The summed E-state index contributed by atoms with van der Waals surface area (Å²) in [5, 5.41) is 0.525. The number of carbonyl (C=O) groups excluding carboxylic acids is 1. The minimum atomic E-state index is 0.0235. The number of benzene rings is 2. The molecule has 2 aliphatic rings. The highest BCUT2D eigenvalue weighted by Crippen LogP contribution is 2.46. The first kappa shape index (κ1) is 16.6. The predicted octanol–water partition coefficient (Wildman–Crippen LogP) is 4.24. The van der Waals surface area contributed by atoms with Crippen LogP contribution in [0.25, 0.3) is 0 Å². The van der Waals surface area contributed by atoms with Gasteiger partial charge in [0.15, 0.2) is 0 Å². The highest BCUT2D eigenvalue weighted by atomic mass is 35.5. The maximum absolute atomic E-state index is 13.4. The second-order valence-corrected chi connectivity index (χ2v) is 8.43. The van der Waals surface area contributed by atoms with Crippen molar-refractivity contribution < 1.29 is 9.28 Å². The quantitative estimate of drug-likeness (QED) is 0.700. The van der Waals surface area contributed by atoms with Gasteiger partial charge in [-0.1, -0.05) is 41.4 Å². The fraction of sp³-hybridized carbons (Fsp3) is 0.381. The molecule has 2 aliphatic heterocycles. The molecule has 4 heteroatoms. The zero-order valence-electron chi connectivity index (χ0n) is 15.0. The van der Waals surface area contributed by atoms with Gasteiger partial charge in [0.1, 0.15) is 0 Å². The van der Waals surface area contributed by atoms with Gasteiger partial charge in [-0.05, 0) is 30.7 Å². The molecule has 3 nitrogen and oxygen atoms in total. The largest absolute Gasteiger partial charge is 0.328 e. The summed E-state index contributed by atoms with van der Waals surface area (Å²) in [6.07, 6.45) is 1.02. The van der Waals surface area contributed by atoms with Crippen molar-refractivity contribution in [1.29, 1.82) is 0 Å². The standard InChI is InChI=1S/C21H24ClN2O/c1-14-8-9-19-16(12-14)17-13-24(2,3)11-10-20(17)23(19)21(25)15-6-4-5-7-18(15)22/h4-9,12,17,20H,10-11,13H2,1-3H3/q+1/t17-,20+/m0/s1. The number of likely N-dealkylation sites (N-methyl/N-ethyl adjacent to an activating group) is 1. The van der Waals surface area contributed by atoms with Crippen LogP contribution in [0.15, 0.2) is 42.5 Å². The molecular weight excluding hydrogens is 332 g/mol. The van der Waals surface area contributed by atoms with E-state index in [0.29, 0.717) is 16.5 Å². The van der Waals surface area contributed by atoms with E-state index >= 15 is 0 Å². The van der Waals surface area contributed by atoms with Crippen LogP contribution in [0.2, 0.25) is 5.02 Å². The molecule has 1 amide bonds. The molecule has 4 rings (SSSR count). The van der Waals surface area contributed by atoms with E-state index in [2.05, 4.69) is 39.2 Å². The average Bonchev–Trinajstić information content (AvgIpc) is 2.86. The number of piperidine rings is 1. The summed E-state index contributed by atoms with van der Waals surface area (Å²) < 4.78 is 1.00. The molecular formula is C21H24ClN2O+. The number of amides is 1. The first-order chi connectivity index (χ1) is 11.9. The summed E-state index contributed by atoms with van der Waals surface area (Å²) in [6, 6.07) is 14.1. The van der Waals surface area contributed by atoms with E-state index in [1.54, 1.807) is 6.07 Å². The van der Waals surface area contributed by atoms with Crippen LogP contribution < -0.4 is 4.90 Å². The van der Waals surface area contributed by atoms with Crippen LogP contribution >= 0.6 is 11.6 Å². The van der Waals surface area contributed by atoms with Crippen molar-refractivity contribution in [2.75, 3.05) is 32.1 Å². The monoisotopic (exact) mass is 355 g/mol. The molecule has 0 N–H and O–H groups in total. The number of hydrogen-bond donors (Lipinski definition) is 0. The van der Waals surface area contributed by atoms with Gasteiger partial charge in [0, 0.05) is 12.1 Å². The number of halogens is 1. The SMILES string of the molecule is Cc1ccc2c(c1)[C@@H]1C[N+](C)(C)CC[C@H]1N2C(=O)c1ccccc1Cl. The van der Waals surface area contributed by atoms with E-state index in [9.17, 15) is 4.79 Å². The average molecular weight is 356 g/mol. The fourth-order valence-corrected chi connectivity index (χ4v) is 4.65. The number of nitrogens with zero attached hydrogens (tertiary/aromatic N) is 2. The number of quaternary nitrogens is 1. The number of hydrogen-bond acceptors (Lipinski definition) is 1. The lowest BCUT2D eigenvalue weighted by Gasteiger charge is -2.41. The Balaban J connectivity index is 1.81. The summed E-state index contributed by atoms with van der Waals surface area (Å²) in [7, 11) is 4.56. The zero-order chi connectivity index (χ0) is 17.8. The number of anilines is 1. The molecule has 0 spiro atoms. The van der Waals surface area contributed by atoms with Gasteiger partial charge >= 0.3 is 0 Å². The van der Waals surface area contributed by atoms with Gasteiger partial charge in [0.25, 0.3) is 5.91 Å². The Morgan fingerprint density at radius 3 is 2.72 bits per heavy atom. The maximum Gasteiger partial charge on any atom is 0.260 e. The number of aryl methyl sites for hydroxylation is 1. The summed E-state index contributed by atoms with van der Waals surface area (Å²) in [6.45, 7) is 4.27. The van der Waals surface area contributed by atoms with Gasteiger partial charge < -0.3 is 9.38 Å². The normalized spacial score (nSPS) is 23.9. The lowest BCUT2D eigenvalue weighted by molar-refractivity contribution is -0.896. The molecule has 130 valence electrons. The summed E-state index contributed by atoms with van der Waals surface area (Å²) in [4.78, 5) is 15.4. The predicted molar refractivity (Wildman–Crippen MR) is 102 cm³/mol. The van der Waals surface area contributed by atoms with Crippen molar-refractivity contribution >= 4 is 23.2 Å².